The summed E-state index contributed by atoms with van der Waals surface area (Å²) in [5.74, 6) is 0.577. The van der Waals surface area contributed by atoms with Crippen molar-refractivity contribution in [3.63, 3.8) is 0 Å². The summed E-state index contributed by atoms with van der Waals surface area (Å²) in [7, 11) is 0. The number of ether oxygens (including phenoxy) is 1. The van der Waals surface area contributed by atoms with E-state index in [1.54, 1.807) is 0 Å². The van der Waals surface area contributed by atoms with Gasteiger partial charge in [-0.2, -0.15) is 0 Å². The van der Waals surface area contributed by atoms with Gasteiger partial charge >= 0.3 is 0 Å². The van der Waals surface area contributed by atoms with Gasteiger partial charge in [0.1, 0.15) is 11.5 Å². The summed E-state index contributed by atoms with van der Waals surface area (Å²) < 4.78 is 5.26. The molecule has 3 N–H and O–H groups in total. The van der Waals surface area contributed by atoms with Gasteiger partial charge in [-0.15, -0.1) is 0 Å². The van der Waals surface area contributed by atoms with E-state index >= 15 is 0 Å². The van der Waals surface area contributed by atoms with Gasteiger partial charge in [0.05, 0.1) is 12.4 Å². The van der Waals surface area contributed by atoms with Crippen molar-refractivity contribution in [1.29, 1.82) is 0 Å². The van der Waals surface area contributed by atoms with Crippen molar-refractivity contribution in [2.75, 3.05) is 25.5 Å². The second-order valence-corrected chi connectivity index (χ2v) is 4.10. The van der Waals surface area contributed by atoms with Gasteiger partial charge in [-0.25, -0.2) is 4.98 Å². The minimum Gasteiger partial charge on any atom is -0.382 e. The first-order valence-corrected chi connectivity index (χ1v) is 5.69. The lowest BCUT2D eigenvalue weighted by Crippen LogP contribution is -2.27. The Bertz CT molecular complexity index is 391. The maximum atomic E-state index is 11.7. The normalized spacial score (nSPS) is 19.2. The van der Waals surface area contributed by atoms with Crippen LogP contribution in [0.3, 0.4) is 0 Å². The lowest BCUT2D eigenvalue weighted by molar-refractivity contribution is 0.0945. The van der Waals surface area contributed by atoms with Crippen molar-refractivity contribution in [2.45, 2.75) is 12.8 Å². The smallest absolute Gasteiger partial charge is 0.271 e. The van der Waals surface area contributed by atoms with Gasteiger partial charge in [-0.3, -0.25) is 9.78 Å². The highest BCUT2D eigenvalue weighted by molar-refractivity contribution is 5.92. The van der Waals surface area contributed by atoms with Crippen LogP contribution >= 0.6 is 0 Å². The number of nitrogens with two attached hydrogens (primary N) is 1. The highest BCUT2D eigenvalue weighted by atomic mass is 16.5. The van der Waals surface area contributed by atoms with E-state index in [0.717, 1.165) is 26.1 Å². The number of amides is 1. The van der Waals surface area contributed by atoms with Crippen molar-refractivity contribution in [2.24, 2.45) is 5.92 Å². The molecule has 1 aliphatic rings. The van der Waals surface area contributed by atoms with Crippen LogP contribution in [0.1, 0.15) is 23.3 Å². The zero-order chi connectivity index (χ0) is 12.1. The predicted molar refractivity (Wildman–Crippen MR) is 62.3 cm³/mol. The molecule has 0 spiro atoms. The van der Waals surface area contributed by atoms with Crippen LogP contribution in [0.25, 0.3) is 0 Å². The summed E-state index contributed by atoms with van der Waals surface area (Å²) >= 11 is 0. The van der Waals surface area contributed by atoms with Gasteiger partial charge in [0.2, 0.25) is 0 Å². The number of carbonyl (C=O) groups is 1. The maximum Gasteiger partial charge on any atom is 0.271 e. The van der Waals surface area contributed by atoms with Crippen LogP contribution in [0, 0.1) is 5.92 Å². The Balaban J connectivity index is 1.77. The zero-order valence-corrected chi connectivity index (χ0v) is 9.56. The van der Waals surface area contributed by atoms with E-state index in [1.807, 2.05) is 0 Å². The van der Waals surface area contributed by atoms with E-state index in [4.69, 9.17) is 10.5 Å². The van der Waals surface area contributed by atoms with E-state index in [0.29, 0.717) is 12.5 Å². The van der Waals surface area contributed by atoms with Crippen molar-refractivity contribution in [3.05, 3.63) is 18.1 Å². The average molecular weight is 236 g/mol. The number of hydrogen-bond donors (Lipinski definition) is 2. The molecule has 1 aliphatic heterocycles. The Morgan fingerprint density at radius 1 is 1.59 bits per heavy atom. The number of nitrogen functional groups attached to an aromatic ring is 1. The Morgan fingerprint density at radius 3 is 3.18 bits per heavy atom. The molecular weight excluding hydrogens is 220 g/mol. The van der Waals surface area contributed by atoms with Gasteiger partial charge in [-0.1, -0.05) is 0 Å². The fourth-order valence-electron chi connectivity index (χ4n) is 1.78. The molecular formula is C11H16N4O2. The summed E-state index contributed by atoms with van der Waals surface area (Å²) in [5, 5.41) is 2.80. The quantitative estimate of drug-likeness (QED) is 0.780. The second kappa shape index (κ2) is 5.58. The molecule has 1 fully saturated rings. The SMILES string of the molecule is Nc1cncc(C(=O)NCCC2CCOC2)n1. The minimum atomic E-state index is -0.233. The molecule has 6 nitrogen and oxygen atoms in total. The summed E-state index contributed by atoms with van der Waals surface area (Å²) in [5.41, 5.74) is 5.71. The molecule has 0 radical (unpaired) electrons. The summed E-state index contributed by atoms with van der Waals surface area (Å²) in [6.45, 7) is 2.26. The molecule has 0 bridgehead atoms. The van der Waals surface area contributed by atoms with Crippen molar-refractivity contribution in [3.8, 4) is 0 Å². The fraction of sp³-hybridized carbons (Fsp3) is 0.545. The first-order chi connectivity index (χ1) is 8.25. The third kappa shape index (κ3) is 3.39. The molecule has 2 heterocycles. The van der Waals surface area contributed by atoms with E-state index in [2.05, 4.69) is 15.3 Å². The molecule has 92 valence electrons. The first kappa shape index (κ1) is 11.8. The molecule has 6 heteroatoms. The standard InChI is InChI=1S/C11H16N4O2/c12-10-6-13-5-9(15-10)11(16)14-3-1-8-2-4-17-7-8/h5-6,8H,1-4,7H2,(H2,12,15)(H,14,16). The molecule has 0 saturated carbocycles. The third-order valence-electron chi connectivity index (χ3n) is 2.75. The zero-order valence-electron chi connectivity index (χ0n) is 9.56. The molecule has 17 heavy (non-hydrogen) atoms. The summed E-state index contributed by atoms with van der Waals surface area (Å²) in [6, 6.07) is 0. The minimum absolute atomic E-state index is 0.233. The molecule has 0 aromatic carbocycles. The molecule has 1 saturated heterocycles. The molecule has 1 atom stereocenters. The van der Waals surface area contributed by atoms with Crippen LogP contribution in [0.15, 0.2) is 12.4 Å². The van der Waals surface area contributed by atoms with Crippen LogP contribution in [-0.2, 0) is 4.74 Å². The maximum absolute atomic E-state index is 11.7. The lowest BCUT2D eigenvalue weighted by Gasteiger charge is -2.08. The number of aromatic nitrogens is 2. The largest absolute Gasteiger partial charge is 0.382 e. The van der Waals surface area contributed by atoms with Crippen LogP contribution in [0.5, 0.6) is 0 Å². The monoisotopic (exact) mass is 236 g/mol. The number of nitrogens with one attached hydrogen (secondary N) is 1. The van der Waals surface area contributed by atoms with Crippen LogP contribution in [0.4, 0.5) is 5.82 Å². The Labute approximate surface area is 99.6 Å². The van der Waals surface area contributed by atoms with E-state index in [-0.39, 0.29) is 17.4 Å². The van der Waals surface area contributed by atoms with Crippen LogP contribution < -0.4 is 11.1 Å². The van der Waals surface area contributed by atoms with Gasteiger partial charge in [-0.05, 0) is 18.8 Å². The Morgan fingerprint density at radius 2 is 2.47 bits per heavy atom. The van der Waals surface area contributed by atoms with Crippen molar-refractivity contribution < 1.29 is 9.53 Å². The molecule has 1 unspecified atom stereocenters. The fourth-order valence-corrected chi connectivity index (χ4v) is 1.78. The summed E-state index contributed by atoms with van der Waals surface area (Å²) in [6.07, 6.45) is 4.83. The lowest BCUT2D eigenvalue weighted by atomic mass is 10.1. The van der Waals surface area contributed by atoms with E-state index in [1.165, 1.54) is 12.4 Å². The summed E-state index contributed by atoms with van der Waals surface area (Å²) in [4.78, 5) is 19.4. The molecule has 2 rings (SSSR count). The Kier molecular flexibility index (Phi) is 3.87. The van der Waals surface area contributed by atoms with Crippen molar-refractivity contribution in [1.82, 2.24) is 15.3 Å². The molecule has 1 aromatic rings. The van der Waals surface area contributed by atoms with E-state index < -0.39 is 0 Å². The highest BCUT2D eigenvalue weighted by Gasteiger charge is 2.15. The van der Waals surface area contributed by atoms with E-state index in [9.17, 15) is 4.79 Å². The van der Waals surface area contributed by atoms with Crippen molar-refractivity contribution >= 4 is 11.7 Å². The first-order valence-electron chi connectivity index (χ1n) is 5.69. The number of hydrogen-bond acceptors (Lipinski definition) is 5. The Hall–Kier alpha value is -1.69. The third-order valence-corrected chi connectivity index (χ3v) is 2.75. The predicted octanol–water partition coefficient (Wildman–Crippen LogP) is 0.215. The molecule has 1 amide bonds. The second-order valence-electron chi connectivity index (χ2n) is 4.10. The van der Waals surface area contributed by atoms with Gasteiger partial charge in [0, 0.05) is 19.8 Å². The van der Waals surface area contributed by atoms with Gasteiger partial charge in [0.25, 0.3) is 5.91 Å². The number of rotatable bonds is 4. The highest BCUT2D eigenvalue weighted by Crippen LogP contribution is 2.15. The molecule has 0 aliphatic carbocycles. The average Bonchev–Trinajstić information content (AvgIpc) is 2.82. The van der Waals surface area contributed by atoms with Gasteiger partial charge < -0.3 is 15.8 Å². The number of anilines is 1. The molecule has 1 aromatic heterocycles. The van der Waals surface area contributed by atoms with Crippen LogP contribution in [0.2, 0.25) is 0 Å². The van der Waals surface area contributed by atoms with Gasteiger partial charge in [0.15, 0.2) is 0 Å². The van der Waals surface area contributed by atoms with Crippen LogP contribution in [-0.4, -0.2) is 35.6 Å². The number of nitrogens with zero attached hydrogens (tertiary/aromatic N) is 2. The number of carbonyl (C=O) groups excluding carboxylic acids is 1. The topological polar surface area (TPSA) is 90.1 Å².